The number of anilines is 3. The van der Waals surface area contributed by atoms with Crippen molar-refractivity contribution in [1.29, 1.82) is 0 Å². The maximum Gasteiger partial charge on any atom is 0.0547 e. The summed E-state index contributed by atoms with van der Waals surface area (Å²) < 4.78 is 2.45. The molecule has 2 nitrogen and oxygen atoms in total. The van der Waals surface area contributed by atoms with E-state index >= 15 is 0 Å². The lowest BCUT2D eigenvalue weighted by atomic mass is 9.95. The summed E-state index contributed by atoms with van der Waals surface area (Å²) in [6.45, 7) is 0. The van der Waals surface area contributed by atoms with Crippen LogP contribution in [0.2, 0.25) is 0 Å². The SMILES string of the molecule is c1ccc(-c2ccc(N(c3ccccc3-c3ccccc3)c3ccccc3-c3cccc4c3c3ccccc3n4-c3cccc4ccccc34)cc2)cc1. The largest absolute Gasteiger partial charge is 0.309 e. The second-order valence-electron chi connectivity index (χ2n) is 13.7. The zero-order valence-corrected chi connectivity index (χ0v) is 29.7. The van der Waals surface area contributed by atoms with Crippen molar-refractivity contribution in [2.24, 2.45) is 0 Å². The molecular formula is C52H36N2. The second-order valence-corrected chi connectivity index (χ2v) is 13.7. The van der Waals surface area contributed by atoms with Crippen LogP contribution in [-0.4, -0.2) is 4.57 Å². The Morgan fingerprint density at radius 1 is 0.315 bits per heavy atom. The number of para-hydroxylation sites is 3. The smallest absolute Gasteiger partial charge is 0.0547 e. The predicted molar refractivity (Wildman–Crippen MR) is 229 cm³/mol. The van der Waals surface area contributed by atoms with Crippen LogP contribution in [0.5, 0.6) is 0 Å². The summed E-state index contributed by atoms with van der Waals surface area (Å²) in [6, 6.07) is 78.9. The van der Waals surface area contributed by atoms with Crippen molar-refractivity contribution in [2.75, 3.05) is 4.90 Å². The number of nitrogens with zero attached hydrogens (tertiary/aromatic N) is 2. The first-order valence-electron chi connectivity index (χ1n) is 18.5. The van der Waals surface area contributed by atoms with Gasteiger partial charge in [-0.1, -0.05) is 176 Å². The Hall–Kier alpha value is -7.16. The molecule has 0 atom stereocenters. The van der Waals surface area contributed by atoms with E-state index in [0.717, 1.165) is 17.1 Å². The molecule has 1 heterocycles. The second kappa shape index (κ2) is 13.4. The van der Waals surface area contributed by atoms with Crippen LogP contribution in [0.25, 0.3) is 71.6 Å². The van der Waals surface area contributed by atoms with Crippen LogP contribution in [-0.2, 0) is 0 Å². The van der Waals surface area contributed by atoms with Gasteiger partial charge in [-0.25, -0.2) is 0 Å². The molecule has 0 amide bonds. The average molecular weight is 689 g/mol. The minimum atomic E-state index is 1.09. The van der Waals surface area contributed by atoms with Crippen LogP contribution in [0.15, 0.2) is 218 Å². The van der Waals surface area contributed by atoms with Gasteiger partial charge in [-0.05, 0) is 70.1 Å². The monoisotopic (exact) mass is 688 g/mol. The Balaban J connectivity index is 1.23. The Morgan fingerprint density at radius 3 is 1.61 bits per heavy atom. The Kier molecular flexibility index (Phi) is 7.85. The van der Waals surface area contributed by atoms with Crippen molar-refractivity contribution in [3.05, 3.63) is 218 Å². The van der Waals surface area contributed by atoms with Crippen LogP contribution < -0.4 is 4.90 Å². The quantitative estimate of drug-likeness (QED) is 0.162. The fourth-order valence-corrected chi connectivity index (χ4v) is 8.17. The number of rotatable bonds is 7. The predicted octanol–water partition coefficient (Wildman–Crippen LogP) is 14.4. The lowest BCUT2D eigenvalue weighted by Crippen LogP contribution is -2.12. The van der Waals surface area contributed by atoms with Gasteiger partial charge in [0.2, 0.25) is 0 Å². The topological polar surface area (TPSA) is 8.17 Å². The van der Waals surface area contributed by atoms with E-state index < -0.39 is 0 Å². The summed E-state index contributed by atoms with van der Waals surface area (Å²) >= 11 is 0. The summed E-state index contributed by atoms with van der Waals surface area (Å²) in [5.74, 6) is 0. The highest BCUT2D eigenvalue weighted by Gasteiger charge is 2.23. The van der Waals surface area contributed by atoms with Gasteiger partial charge in [0.1, 0.15) is 0 Å². The minimum Gasteiger partial charge on any atom is -0.309 e. The van der Waals surface area contributed by atoms with E-state index in [-0.39, 0.29) is 0 Å². The summed E-state index contributed by atoms with van der Waals surface area (Å²) in [6.07, 6.45) is 0. The molecule has 10 aromatic rings. The zero-order chi connectivity index (χ0) is 35.8. The minimum absolute atomic E-state index is 1.09. The molecule has 10 rings (SSSR count). The molecule has 1 aromatic heterocycles. The van der Waals surface area contributed by atoms with E-state index in [2.05, 4.69) is 228 Å². The van der Waals surface area contributed by atoms with Crippen LogP contribution in [0.1, 0.15) is 0 Å². The number of aromatic nitrogens is 1. The maximum absolute atomic E-state index is 2.45. The average Bonchev–Trinajstić information content (AvgIpc) is 3.59. The third-order valence-electron chi connectivity index (χ3n) is 10.6. The van der Waals surface area contributed by atoms with Crippen LogP contribution in [0.3, 0.4) is 0 Å². The molecular weight excluding hydrogens is 653 g/mol. The molecule has 54 heavy (non-hydrogen) atoms. The van der Waals surface area contributed by atoms with Crippen LogP contribution in [0.4, 0.5) is 17.1 Å². The standard InChI is InChI=1S/C52H36N2/c1-3-17-37(18-4-1)38-33-35-41(36-34-38)53(47-28-12-9-24-42(47)39-19-5-2-6-20-39)49-29-13-10-25-44(49)45-27-16-32-51-52(45)46-26-11-14-30-50(46)54(51)48-31-15-22-40-21-7-8-23-43(40)48/h1-36H. The number of fused-ring (bicyclic) bond motifs is 4. The summed E-state index contributed by atoms with van der Waals surface area (Å²) in [5, 5.41) is 4.93. The Morgan fingerprint density at radius 2 is 0.833 bits per heavy atom. The van der Waals surface area contributed by atoms with E-state index in [4.69, 9.17) is 0 Å². The molecule has 0 bridgehead atoms. The zero-order valence-electron chi connectivity index (χ0n) is 29.7. The van der Waals surface area contributed by atoms with Crippen LogP contribution >= 0.6 is 0 Å². The first kappa shape index (κ1) is 31.6. The number of benzene rings is 9. The highest BCUT2D eigenvalue weighted by atomic mass is 15.1. The third kappa shape index (κ3) is 5.36. The molecule has 0 unspecified atom stereocenters. The van der Waals surface area contributed by atoms with Crippen LogP contribution in [0, 0.1) is 0 Å². The van der Waals surface area contributed by atoms with Gasteiger partial charge < -0.3 is 9.47 Å². The van der Waals surface area contributed by atoms with E-state index in [1.54, 1.807) is 0 Å². The highest BCUT2D eigenvalue weighted by molar-refractivity contribution is 6.17. The van der Waals surface area contributed by atoms with Gasteiger partial charge in [-0.2, -0.15) is 0 Å². The summed E-state index contributed by atoms with van der Waals surface area (Å²) in [4.78, 5) is 2.44. The lowest BCUT2D eigenvalue weighted by molar-refractivity contribution is 1.20. The van der Waals surface area contributed by atoms with Gasteiger partial charge in [-0.3, -0.25) is 0 Å². The molecule has 0 radical (unpaired) electrons. The van der Waals surface area contributed by atoms with Gasteiger partial charge >= 0.3 is 0 Å². The van der Waals surface area contributed by atoms with Gasteiger partial charge in [0.25, 0.3) is 0 Å². The van der Waals surface area contributed by atoms with Crippen molar-refractivity contribution >= 4 is 49.6 Å². The van der Waals surface area contributed by atoms with Gasteiger partial charge in [0, 0.05) is 33.0 Å². The number of hydrogen-bond donors (Lipinski definition) is 0. The molecule has 0 aliphatic carbocycles. The summed E-state index contributed by atoms with van der Waals surface area (Å²) in [5.41, 5.74) is 14.0. The molecule has 0 aliphatic rings. The van der Waals surface area contributed by atoms with Crippen molar-refractivity contribution < 1.29 is 0 Å². The number of hydrogen-bond acceptors (Lipinski definition) is 1. The fraction of sp³-hybridized carbons (Fsp3) is 0. The van der Waals surface area contributed by atoms with E-state index in [0.29, 0.717) is 0 Å². The maximum atomic E-state index is 2.45. The molecule has 2 heteroatoms. The van der Waals surface area contributed by atoms with E-state index in [1.165, 1.54) is 71.6 Å². The molecule has 254 valence electrons. The van der Waals surface area contributed by atoms with Gasteiger partial charge in [-0.15, -0.1) is 0 Å². The van der Waals surface area contributed by atoms with Crippen molar-refractivity contribution in [3.63, 3.8) is 0 Å². The molecule has 0 spiro atoms. The molecule has 0 fully saturated rings. The third-order valence-corrected chi connectivity index (χ3v) is 10.6. The molecule has 0 N–H and O–H groups in total. The summed E-state index contributed by atoms with van der Waals surface area (Å²) in [7, 11) is 0. The molecule has 9 aromatic carbocycles. The van der Waals surface area contributed by atoms with Crippen molar-refractivity contribution in [3.8, 4) is 39.1 Å². The lowest BCUT2D eigenvalue weighted by Gasteiger charge is -2.30. The first-order chi connectivity index (χ1) is 26.8. The Bertz CT molecular complexity index is 2920. The van der Waals surface area contributed by atoms with Crippen molar-refractivity contribution in [2.45, 2.75) is 0 Å². The van der Waals surface area contributed by atoms with E-state index in [9.17, 15) is 0 Å². The highest BCUT2D eigenvalue weighted by Crippen LogP contribution is 2.47. The Labute approximate surface area is 315 Å². The normalized spacial score (nSPS) is 11.3. The molecule has 0 saturated carbocycles. The van der Waals surface area contributed by atoms with E-state index in [1.807, 2.05) is 0 Å². The first-order valence-corrected chi connectivity index (χ1v) is 18.5. The van der Waals surface area contributed by atoms with Gasteiger partial charge in [0.05, 0.1) is 28.1 Å². The molecule has 0 saturated heterocycles. The fourth-order valence-electron chi connectivity index (χ4n) is 8.17. The van der Waals surface area contributed by atoms with Gasteiger partial charge in [0.15, 0.2) is 0 Å². The molecule has 0 aliphatic heterocycles. The van der Waals surface area contributed by atoms with Crippen molar-refractivity contribution in [1.82, 2.24) is 4.57 Å².